The van der Waals surface area contributed by atoms with Crippen LogP contribution >= 0.6 is 11.3 Å². The standard InChI is InChI=1S/C19H16N2O4S/c1-12(18-21-16(11-26-18)19(23)24)17(22)20-13-7-9-15(10-8-13)25-14-5-3-2-4-6-14/h2-12H,1H3,(H,20,22)(H,23,24)/t12-/m0/s1. The van der Waals surface area contributed by atoms with Gasteiger partial charge >= 0.3 is 5.97 Å². The summed E-state index contributed by atoms with van der Waals surface area (Å²) in [5.74, 6) is -0.514. The van der Waals surface area contributed by atoms with Crippen LogP contribution in [0.15, 0.2) is 60.0 Å². The van der Waals surface area contributed by atoms with Gasteiger partial charge in [-0.25, -0.2) is 9.78 Å². The number of benzene rings is 2. The predicted molar refractivity (Wildman–Crippen MR) is 99.1 cm³/mol. The fraction of sp³-hybridized carbons (Fsp3) is 0.105. The number of amides is 1. The second-order valence-corrected chi connectivity index (χ2v) is 6.42. The van der Waals surface area contributed by atoms with Crippen molar-refractivity contribution >= 4 is 28.9 Å². The highest BCUT2D eigenvalue weighted by atomic mass is 32.1. The van der Waals surface area contributed by atoms with Gasteiger partial charge in [0.15, 0.2) is 5.69 Å². The zero-order valence-electron chi connectivity index (χ0n) is 13.9. The van der Waals surface area contributed by atoms with Crippen molar-refractivity contribution in [2.24, 2.45) is 0 Å². The molecular weight excluding hydrogens is 352 g/mol. The molecule has 0 saturated carbocycles. The lowest BCUT2D eigenvalue weighted by molar-refractivity contribution is -0.117. The van der Waals surface area contributed by atoms with E-state index < -0.39 is 11.9 Å². The molecule has 2 aromatic carbocycles. The molecule has 7 heteroatoms. The van der Waals surface area contributed by atoms with E-state index in [4.69, 9.17) is 9.84 Å². The average molecular weight is 368 g/mol. The Morgan fingerprint density at radius 3 is 2.35 bits per heavy atom. The maximum absolute atomic E-state index is 12.3. The van der Waals surface area contributed by atoms with E-state index in [0.29, 0.717) is 16.4 Å². The molecule has 0 bridgehead atoms. The van der Waals surface area contributed by atoms with Gasteiger partial charge in [-0.15, -0.1) is 11.3 Å². The number of nitrogens with zero attached hydrogens (tertiary/aromatic N) is 1. The molecule has 0 unspecified atom stereocenters. The molecule has 0 aliphatic rings. The molecule has 1 atom stereocenters. The number of carboxylic acids is 1. The molecule has 6 nitrogen and oxygen atoms in total. The van der Waals surface area contributed by atoms with Gasteiger partial charge in [-0.2, -0.15) is 0 Å². The molecule has 1 aromatic heterocycles. The number of rotatable bonds is 6. The molecule has 0 saturated heterocycles. The lowest BCUT2D eigenvalue weighted by Gasteiger charge is -2.11. The van der Waals surface area contributed by atoms with Gasteiger partial charge in [0.2, 0.25) is 5.91 Å². The summed E-state index contributed by atoms with van der Waals surface area (Å²) in [7, 11) is 0. The molecule has 3 rings (SSSR count). The molecule has 0 aliphatic heterocycles. The average Bonchev–Trinajstić information content (AvgIpc) is 3.14. The van der Waals surface area contributed by atoms with Crippen LogP contribution in [0.5, 0.6) is 11.5 Å². The second kappa shape index (κ2) is 7.79. The van der Waals surface area contributed by atoms with Crippen LogP contribution in [0.2, 0.25) is 0 Å². The highest BCUT2D eigenvalue weighted by Gasteiger charge is 2.20. The third-order valence-electron chi connectivity index (χ3n) is 3.61. The zero-order valence-corrected chi connectivity index (χ0v) is 14.7. The number of ether oxygens (including phenoxy) is 1. The molecule has 132 valence electrons. The van der Waals surface area contributed by atoms with E-state index >= 15 is 0 Å². The number of hydrogen-bond donors (Lipinski definition) is 2. The highest BCUT2D eigenvalue weighted by Crippen LogP contribution is 2.25. The van der Waals surface area contributed by atoms with E-state index in [0.717, 1.165) is 17.1 Å². The van der Waals surface area contributed by atoms with Gasteiger partial charge in [-0.05, 0) is 43.3 Å². The third-order valence-corrected chi connectivity index (χ3v) is 4.63. The van der Waals surface area contributed by atoms with Crippen LogP contribution in [0.25, 0.3) is 0 Å². The van der Waals surface area contributed by atoms with Gasteiger partial charge < -0.3 is 15.2 Å². The van der Waals surface area contributed by atoms with Crippen molar-refractivity contribution in [3.8, 4) is 11.5 Å². The number of para-hydroxylation sites is 1. The van der Waals surface area contributed by atoms with Crippen LogP contribution in [-0.2, 0) is 4.79 Å². The minimum Gasteiger partial charge on any atom is -0.476 e. The van der Waals surface area contributed by atoms with Gasteiger partial charge in [0, 0.05) is 11.1 Å². The van der Waals surface area contributed by atoms with Crippen molar-refractivity contribution in [2.45, 2.75) is 12.8 Å². The van der Waals surface area contributed by atoms with Crippen molar-refractivity contribution in [1.82, 2.24) is 4.98 Å². The van der Waals surface area contributed by atoms with Crippen molar-refractivity contribution in [3.63, 3.8) is 0 Å². The van der Waals surface area contributed by atoms with Crippen molar-refractivity contribution in [1.29, 1.82) is 0 Å². The topological polar surface area (TPSA) is 88.5 Å². The summed E-state index contributed by atoms with van der Waals surface area (Å²) >= 11 is 1.16. The number of hydrogen-bond acceptors (Lipinski definition) is 5. The first-order valence-corrected chi connectivity index (χ1v) is 8.73. The second-order valence-electron chi connectivity index (χ2n) is 5.53. The van der Waals surface area contributed by atoms with Crippen LogP contribution in [0.3, 0.4) is 0 Å². The number of anilines is 1. The van der Waals surface area contributed by atoms with Gasteiger partial charge in [-0.3, -0.25) is 4.79 Å². The maximum Gasteiger partial charge on any atom is 0.355 e. The van der Waals surface area contributed by atoms with Crippen molar-refractivity contribution < 1.29 is 19.4 Å². The fourth-order valence-corrected chi connectivity index (χ4v) is 3.03. The summed E-state index contributed by atoms with van der Waals surface area (Å²) in [4.78, 5) is 27.2. The SMILES string of the molecule is C[C@@H](C(=O)Nc1ccc(Oc2ccccc2)cc1)c1nc(C(=O)O)cs1. The largest absolute Gasteiger partial charge is 0.476 e. The smallest absolute Gasteiger partial charge is 0.355 e. The molecule has 0 spiro atoms. The Morgan fingerprint density at radius 2 is 1.73 bits per heavy atom. The van der Waals surface area contributed by atoms with Crippen LogP contribution in [-0.4, -0.2) is 22.0 Å². The monoisotopic (exact) mass is 368 g/mol. The molecule has 1 amide bonds. The summed E-state index contributed by atoms with van der Waals surface area (Å²) < 4.78 is 5.70. The summed E-state index contributed by atoms with van der Waals surface area (Å²) in [6.07, 6.45) is 0. The van der Waals surface area contributed by atoms with E-state index in [9.17, 15) is 9.59 Å². The normalized spacial score (nSPS) is 11.6. The molecular formula is C19H16N2O4S. The third kappa shape index (κ3) is 4.25. The van der Waals surface area contributed by atoms with E-state index in [1.165, 1.54) is 5.38 Å². The molecule has 26 heavy (non-hydrogen) atoms. The van der Waals surface area contributed by atoms with Crippen molar-refractivity contribution in [2.75, 3.05) is 5.32 Å². The van der Waals surface area contributed by atoms with Crippen LogP contribution in [0.4, 0.5) is 5.69 Å². The highest BCUT2D eigenvalue weighted by molar-refractivity contribution is 7.10. The van der Waals surface area contributed by atoms with E-state index in [1.54, 1.807) is 31.2 Å². The van der Waals surface area contributed by atoms with Crippen LogP contribution in [0.1, 0.15) is 28.3 Å². The Morgan fingerprint density at radius 1 is 1.08 bits per heavy atom. The fourth-order valence-electron chi connectivity index (χ4n) is 2.18. The molecule has 0 fully saturated rings. The number of nitrogens with one attached hydrogen (secondary N) is 1. The Kier molecular flexibility index (Phi) is 5.28. The Balaban J connectivity index is 1.62. The number of aromatic carboxylic acids is 1. The molecule has 2 N–H and O–H groups in total. The lowest BCUT2D eigenvalue weighted by atomic mass is 10.1. The number of thiazole rings is 1. The molecule has 3 aromatic rings. The van der Waals surface area contributed by atoms with Gasteiger partial charge in [0.05, 0.1) is 5.92 Å². The first-order valence-electron chi connectivity index (χ1n) is 7.85. The van der Waals surface area contributed by atoms with E-state index in [-0.39, 0.29) is 11.6 Å². The minimum absolute atomic E-state index is 0.0490. The van der Waals surface area contributed by atoms with Gasteiger partial charge in [0.1, 0.15) is 16.5 Å². The first kappa shape index (κ1) is 17.6. The van der Waals surface area contributed by atoms with Gasteiger partial charge in [0.25, 0.3) is 0 Å². The van der Waals surface area contributed by atoms with Crippen LogP contribution in [0, 0.1) is 0 Å². The Bertz CT molecular complexity index is 907. The Hall–Kier alpha value is -3.19. The molecule has 0 aliphatic carbocycles. The number of carbonyl (C=O) groups is 2. The number of carbonyl (C=O) groups excluding carboxylic acids is 1. The summed E-state index contributed by atoms with van der Waals surface area (Å²) in [6, 6.07) is 16.4. The quantitative estimate of drug-likeness (QED) is 0.674. The number of aromatic nitrogens is 1. The lowest BCUT2D eigenvalue weighted by Crippen LogP contribution is -2.18. The molecule has 1 heterocycles. The zero-order chi connectivity index (χ0) is 18.5. The summed E-state index contributed by atoms with van der Waals surface area (Å²) in [5, 5.41) is 13.6. The van der Waals surface area contributed by atoms with E-state index in [1.807, 2.05) is 30.3 Å². The van der Waals surface area contributed by atoms with Crippen LogP contribution < -0.4 is 10.1 Å². The summed E-state index contributed by atoms with van der Waals surface area (Å²) in [5.41, 5.74) is 0.573. The van der Waals surface area contributed by atoms with Gasteiger partial charge in [-0.1, -0.05) is 18.2 Å². The number of carboxylic acid groups (broad SMARTS) is 1. The maximum atomic E-state index is 12.3. The van der Waals surface area contributed by atoms with E-state index in [2.05, 4.69) is 10.3 Å². The first-order chi connectivity index (χ1) is 12.5. The molecule has 0 radical (unpaired) electrons. The Labute approximate surface area is 154 Å². The predicted octanol–water partition coefficient (Wildman–Crippen LogP) is 4.38. The van der Waals surface area contributed by atoms with Crippen molar-refractivity contribution in [3.05, 3.63) is 70.7 Å². The summed E-state index contributed by atoms with van der Waals surface area (Å²) in [6.45, 7) is 1.69. The minimum atomic E-state index is -1.10.